The minimum absolute atomic E-state index is 0.178. The Hall–Kier alpha value is -1.33. The molecule has 0 aliphatic heterocycles. The maximum Gasteiger partial charge on any atom is 0.109 e. The molecule has 1 N–H and O–H groups in total. The van der Waals surface area contributed by atoms with Crippen LogP contribution >= 0.6 is 11.3 Å². The smallest absolute Gasteiger partial charge is 0.109 e. The van der Waals surface area contributed by atoms with E-state index < -0.39 is 0 Å². The van der Waals surface area contributed by atoms with E-state index in [1.807, 2.05) is 11.6 Å². The molecular weight excluding hydrogens is 232 g/mol. The first-order chi connectivity index (χ1) is 8.31. The van der Waals surface area contributed by atoms with E-state index in [9.17, 15) is 0 Å². The van der Waals surface area contributed by atoms with Crippen molar-refractivity contribution in [2.24, 2.45) is 0 Å². The summed E-state index contributed by atoms with van der Waals surface area (Å²) in [5.41, 5.74) is 0.961. The SMILES string of the molecule is CCC(NC(C)c1cnccn1)c1nccs1. The standard InChI is InChI=1S/C12H16N4S/c1-3-10(12-15-6-7-17-12)16-9(2)11-8-13-4-5-14-11/h4-10,16H,3H2,1-2H3. The molecule has 2 atom stereocenters. The van der Waals surface area contributed by atoms with Gasteiger partial charge in [-0.1, -0.05) is 6.92 Å². The van der Waals surface area contributed by atoms with Crippen LogP contribution in [0.1, 0.15) is 43.1 Å². The molecule has 0 saturated heterocycles. The largest absolute Gasteiger partial charge is 0.300 e. The van der Waals surface area contributed by atoms with Crippen molar-refractivity contribution in [1.82, 2.24) is 20.3 Å². The lowest BCUT2D eigenvalue weighted by molar-refractivity contribution is 0.448. The first-order valence-corrected chi connectivity index (χ1v) is 6.60. The van der Waals surface area contributed by atoms with E-state index in [4.69, 9.17) is 0 Å². The first-order valence-electron chi connectivity index (χ1n) is 5.72. The van der Waals surface area contributed by atoms with Gasteiger partial charge in [0, 0.05) is 36.2 Å². The zero-order valence-corrected chi connectivity index (χ0v) is 10.8. The molecule has 2 aromatic heterocycles. The Labute approximate surface area is 105 Å². The fourth-order valence-corrected chi connectivity index (χ4v) is 2.47. The van der Waals surface area contributed by atoms with Crippen LogP contribution in [-0.4, -0.2) is 15.0 Å². The van der Waals surface area contributed by atoms with Gasteiger partial charge in [0.2, 0.25) is 0 Å². The lowest BCUT2D eigenvalue weighted by Crippen LogP contribution is -2.24. The Morgan fingerprint density at radius 1 is 1.29 bits per heavy atom. The van der Waals surface area contributed by atoms with Gasteiger partial charge in [0.1, 0.15) is 5.01 Å². The normalized spacial score (nSPS) is 14.5. The van der Waals surface area contributed by atoms with Crippen LogP contribution in [0.3, 0.4) is 0 Å². The van der Waals surface area contributed by atoms with Crippen molar-refractivity contribution in [2.45, 2.75) is 32.4 Å². The van der Waals surface area contributed by atoms with Crippen LogP contribution in [0.4, 0.5) is 0 Å². The van der Waals surface area contributed by atoms with Crippen LogP contribution in [-0.2, 0) is 0 Å². The summed E-state index contributed by atoms with van der Waals surface area (Å²) < 4.78 is 0. The van der Waals surface area contributed by atoms with Gasteiger partial charge in [-0.05, 0) is 13.3 Å². The second-order valence-corrected chi connectivity index (χ2v) is 4.78. The summed E-state index contributed by atoms with van der Waals surface area (Å²) in [7, 11) is 0. The average Bonchev–Trinajstić information content (AvgIpc) is 2.90. The third-order valence-electron chi connectivity index (χ3n) is 2.64. The van der Waals surface area contributed by atoms with E-state index in [0.717, 1.165) is 17.1 Å². The number of nitrogens with one attached hydrogen (secondary N) is 1. The molecule has 2 aromatic rings. The van der Waals surface area contributed by atoms with Gasteiger partial charge in [0.25, 0.3) is 0 Å². The molecule has 0 bridgehead atoms. The topological polar surface area (TPSA) is 50.7 Å². The van der Waals surface area contributed by atoms with Crippen LogP contribution < -0.4 is 5.32 Å². The maximum absolute atomic E-state index is 4.35. The molecule has 0 radical (unpaired) electrons. The minimum Gasteiger partial charge on any atom is -0.300 e. The van der Waals surface area contributed by atoms with Gasteiger partial charge in [0.05, 0.1) is 11.7 Å². The highest BCUT2D eigenvalue weighted by atomic mass is 32.1. The van der Waals surface area contributed by atoms with Crippen LogP contribution in [0.25, 0.3) is 0 Å². The summed E-state index contributed by atoms with van der Waals surface area (Å²) in [6.07, 6.45) is 8.06. The highest BCUT2D eigenvalue weighted by molar-refractivity contribution is 7.09. The second kappa shape index (κ2) is 5.84. The van der Waals surface area contributed by atoms with E-state index in [2.05, 4.69) is 34.1 Å². The molecule has 2 heterocycles. The quantitative estimate of drug-likeness (QED) is 0.884. The van der Waals surface area contributed by atoms with Crippen molar-refractivity contribution in [3.63, 3.8) is 0 Å². The number of thiazole rings is 1. The molecule has 17 heavy (non-hydrogen) atoms. The molecule has 2 rings (SSSR count). The first kappa shape index (κ1) is 12.1. The van der Waals surface area contributed by atoms with Crippen molar-refractivity contribution in [1.29, 1.82) is 0 Å². The molecule has 0 spiro atoms. The van der Waals surface area contributed by atoms with Crippen LogP contribution in [0, 0.1) is 0 Å². The molecule has 5 heteroatoms. The van der Waals surface area contributed by atoms with Crippen LogP contribution in [0.2, 0.25) is 0 Å². The molecule has 0 fully saturated rings. The molecule has 0 aromatic carbocycles. The number of rotatable bonds is 5. The number of hydrogen-bond donors (Lipinski definition) is 1. The predicted octanol–water partition coefficient (Wildman–Crippen LogP) is 2.74. The fraction of sp³-hybridized carbons (Fsp3) is 0.417. The van der Waals surface area contributed by atoms with E-state index in [1.54, 1.807) is 29.9 Å². The molecule has 90 valence electrons. The van der Waals surface area contributed by atoms with Crippen LogP contribution in [0.5, 0.6) is 0 Å². The van der Waals surface area contributed by atoms with E-state index in [-0.39, 0.29) is 12.1 Å². The molecule has 0 aliphatic carbocycles. The molecule has 0 amide bonds. The molecule has 4 nitrogen and oxygen atoms in total. The highest BCUT2D eigenvalue weighted by Crippen LogP contribution is 2.22. The van der Waals surface area contributed by atoms with E-state index >= 15 is 0 Å². The number of hydrogen-bond acceptors (Lipinski definition) is 5. The third kappa shape index (κ3) is 3.08. The van der Waals surface area contributed by atoms with Gasteiger partial charge in [0.15, 0.2) is 0 Å². The number of nitrogens with zero attached hydrogens (tertiary/aromatic N) is 3. The zero-order valence-electron chi connectivity index (χ0n) is 10.00. The Bertz CT molecular complexity index is 429. The lowest BCUT2D eigenvalue weighted by atomic mass is 10.1. The minimum atomic E-state index is 0.178. The van der Waals surface area contributed by atoms with E-state index in [1.165, 1.54) is 0 Å². The van der Waals surface area contributed by atoms with Gasteiger partial charge in [-0.15, -0.1) is 11.3 Å². The van der Waals surface area contributed by atoms with Gasteiger partial charge in [-0.3, -0.25) is 15.3 Å². The monoisotopic (exact) mass is 248 g/mol. The molecular formula is C12H16N4S. The second-order valence-electron chi connectivity index (χ2n) is 3.85. The van der Waals surface area contributed by atoms with Gasteiger partial charge < -0.3 is 0 Å². The molecule has 0 saturated carbocycles. The maximum atomic E-state index is 4.35. The third-order valence-corrected chi connectivity index (χ3v) is 3.52. The van der Waals surface area contributed by atoms with Crippen molar-refractivity contribution >= 4 is 11.3 Å². The molecule has 2 unspecified atom stereocenters. The fourth-order valence-electron chi connectivity index (χ4n) is 1.69. The lowest BCUT2D eigenvalue weighted by Gasteiger charge is -2.19. The highest BCUT2D eigenvalue weighted by Gasteiger charge is 2.16. The van der Waals surface area contributed by atoms with Gasteiger partial charge in [-0.2, -0.15) is 0 Å². The molecule has 0 aliphatic rings. The predicted molar refractivity (Wildman–Crippen MR) is 68.7 cm³/mol. The summed E-state index contributed by atoms with van der Waals surface area (Å²) in [5.74, 6) is 0. The van der Waals surface area contributed by atoms with E-state index in [0.29, 0.717) is 0 Å². The van der Waals surface area contributed by atoms with Crippen molar-refractivity contribution in [3.8, 4) is 0 Å². The Balaban J connectivity index is 2.05. The Kier molecular flexibility index (Phi) is 4.17. The Morgan fingerprint density at radius 2 is 2.18 bits per heavy atom. The van der Waals surface area contributed by atoms with Crippen molar-refractivity contribution in [2.75, 3.05) is 0 Å². The Morgan fingerprint density at radius 3 is 2.76 bits per heavy atom. The van der Waals surface area contributed by atoms with Gasteiger partial charge in [-0.25, -0.2) is 4.98 Å². The summed E-state index contributed by atoms with van der Waals surface area (Å²) in [6, 6.07) is 0.463. The summed E-state index contributed by atoms with van der Waals surface area (Å²) >= 11 is 1.68. The summed E-state index contributed by atoms with van der Waals surface area (Å²) in [4.78, 5) is 12.7. The average molecular weight is 248 g/mol. The zero-order chi connectivity index (χ0) is 12.1. The summed E-state index contributed by atoms with van der Waals surface area (Å²) in [6.45, 7) is 4.25. The van der Waals surface area contributed by atoms with Crippen LogP contribution in [0.15, 0.2) is 30.2 Å². The van der Waals surface area contributed by atoms with Gasteiger partial charge >= 0.3 is 0 Å². The van der Waals surface area contributed by atoms with Crippen molar-refractivity contribution < 1.29 is 0 Å². The number of aromatic nitrogens is 3. The summed E-state index contributed by atoms with van der Waals surface area (Å²) in [5, 5.41) is 6.67. The van der Waals surface area contributed by atoms with Crippen molar-refractivity contribution in [3.05, 3.63) is 40.9 Å².